The summed E-state index contributed by atoms with van der Waals surface area (Å²) in [6.07, 6.45) is 6.28. The van der Waals surface area contributed by atoms with Gasteiger partial charge in [0.25, 0.3) is 0 Å². The van der Waals surface area contributed by atoms with Gasteiger partial charge < -0.3 is 10.6 Å². The maximum atomic E-state index is 6.01. The maximum absolute atomic E-state index is 6.01. The van der Waals surface area contributed by atoms with Crippen molar-refractivity contribution >= 4 is 24.8 Å². The van der Waals surface area contributed by atoms with Crippen LogP contribution in [0.4, 0.5) is 0 Å². The molecule has 0 spiro atoms. The summed E-state index contributed by atoms with van der Waals surface area (Å²) in [5.41, 5.74) is 7.34. The molecule has 1 aliphatic heterocycles. The number of nitrogens with two attached hydrogens (primary N) is 1. The van der Waals surface area contributed by atoms with Gasteiger partial charge >= 0.3 is 0 Å². The van der Waals surface area contributed by atoms with Gasteiger partial charge in [0.05, 0.1) is 6.20 Å². The van der Waals surface area contributed by atoms with Crippen molar-refractivity contribution in [3.63, 3.8) is 0 Å². The quantitative estimate of drug-likeness (QED) is 0.918. The van der Waals surface area contributed by atoms with E-state index in [0.717, 1.165) is 32.5 Å². The lowest BCUT2D eigenvalue weighted by Crippen LogP contribution is -2.46. The average Bonchev–Trinajstić information content (AvgIpc) is 2.66. The van der Waals surface area contributed by atoms with E-state index in [0.29, 0.717) is 12.0 Å². The van der Waals surface area contributed by atoms with Crippen LogP contribution in [0.1, 0.15) is 18.9 Å². The molecule has 1 aromatic heterocycles. The molecule has 2 heterocycles. The summed E-state index contributed by atoms with van der Waals surface area (Å²) in [5.74, 6) is 0.627. The number of hydrogen-bond donors (Lipinski definition) is 1. The molecule has 2 unspecified atom stereocenters. The number of aromatic nitrogens is 2. The van der Waals surface area contributed by atoms with Crippen molar-refractivity contribution in [1.29, 1.82) is 0 Å². The molecule has 4 nitrogen and oxygen atoms in total. The van der Waals surface area contributed by atoms with Crippen LogP contribution in [0.2, 0.25) is 0 Å². The zero-order chi connectivity index (χ0) is 11.5. The molecule has 1 aromatic rings. The second-order valence-electron chi connectivity index (χ2n) is 5.00. The monoisotopic (exact) mass is 294 g/mol. The third-order valence-electron chi connectivity index (χ3n) is 3.53. The molecule has 2 rings (SSSR count). The first-order valence-corrected chi connectivity index (χ1v) is 6.10. The van der Waals surface area contributed by atoms with Crippen LogP contribution in [0.15, 0.2) is 12.4 Å². The zero-order valence-electron chi connectivity index (χ0n) is 11.1. The molecule has 2 atom stereocenters. The minimum Gasteiger partial charge on any atom is -0.327 e. The van der Waals surface area contributed by atoms with Crippen LogP contribution in [-0.4, -0.2) is 40.4 Å². The Hall–Kier alpha value is -0.290. The Morgan fingerprint density at radius 1 is 1.44 bits per heavy atom. The first-order chi connectivity index (χ1) is 7.65. The van der Waals surface area contributed by atoms with Gasteiger partial charge in [0.1, 0.15) is 0 Å². The van der Waals surface area contributed by atoms with Crippen LogP contribution in [0.5, 0.6) is 0 Å². The van der Waals surface area contributed by atoms with Crippen LogP contribution in [-0.2, 0) is 13.5 Å². The van der Waals surface area contributed by atoms with Crippen molar-refractivity contribution in [3.05, 3.63) is 18.0 Å². The summed E-state index contributed by atoms with van der Waals surface area (Å²) in [6.45, 7) is 5.66. The van der Waals surface area contributed by atoms with Gasteiger partial charge in [0.2, 0.25) is 0 Å². The molecule has 106 valence electrons. The predicted octanol–water partition coefficient (Wildman–Crippen LogP) is 1.48. The summed E-state index contributed by atoms with van der Waals surface area (Å²) in [7, 11) is 1.96. The number of aryl methyl sites for hydroxylation is 1. The third kappa shape index (κ3) is 4.76. The molecule has 0 aliphatic carbocycles. The minimum absolute atomic E-state index is 0. The van der Waals surface area contributed by atoms with E-state index in [9.17, 15) is 0 Å². The van der Waals surface area contributed by atoms with Gasteiger partial charge in [0, 0.05) is 32.4 Å². The number of hydrogen-bond acceptors (Lipinski definition) is 3. The van der Waals surface area contributed by atoms with E-state index in [1.807, 2.05) is 17.9 Å². The van der Waals surface area contributed by atoms with E-state index >= 15 is 0 Å². The van der Waals surface area contributed by atoms with Crippen LogP contribution in [0.3, 0.4) is 0 Å². The number of halogens is 2. The number of nitrogens with zero attached hydrogens (tertiary/aromatic N) is 3. The molecular weight excluding hydrogens is 271 g/mol. The smallest absolute Gasteiger partial charge is 0.0522 e. The fraction of sp³-hybridized carbons (Fsp3) is 0.750. The Balaban J connectivity index is 0.00000144. The van der Waals surface area contributed by atoms with E-state index in [1.54, 1.807) is 0 Å². The van der Waals surface area contributed by atoms with Gasteiger partial charge in [-0.05, 0) is 30.9 Å². The molecule has 0 radical (unpaired) electrons. The fourth-order valence-electron chi connectivity index (χ4n) is 2.34. The third-order valence-corrected chi connectivity index (χ3v) is 3.53. The van der Waals surface area contributed by atoms with Gasteiger partial charge in [-0.1, -0.05) is 6.92 Å². The number of rotatable bonds is 3. The van der Waals surface area contributed by atoms with Crippen molar-refractivity contribution in [2.24, 2.45) is 18.7 Å². The van der Waals surface area contributed by atoms with Crippen LogP contribution in [0, 0.1) is 5.92 Å². The molecule has 2 N–H and O–H groups in total. The molecule has 0 bridgehead atoms. The highest BCUT2D eigenvalue weighted by atomic mass is 35.5. The SMILES string of the molecule is CC1CN(CCc2cnn(C)c2)CCC1N.Cl.Cl. The first kappa shape index (κ1) is 17.7. The summed E-state index contributed by atoms with van der Waals surface area (Å²) in [4.78, 5) is 2.51. The molecule has 0 saturated carbocycles. The Morgan fingerprint density at radius 3 is 2.72 bits per heavy atom. The standard InChI is InChI=1S/C12H22N4.2ClH/c1-10-8-16(6-4-12(10)13)5-3-11-7-14-15(2)9-11;;/h7,9-10,12H,3-6,8,13H2,1-2H3;2*1H. The normalized spacial score (nSPS) is 24.2. The van der Waals surface area contributed by atoms with Gasteiger partial charge in [-0.25, -0.2) is 0 Å². The van der Waals surface area contributed by atoms with Crippen LogP contribution < -0.4 is 5.73 Å². The molecule has 1 fully saturated rings. The second-order valence-corrected chi connectivity index (χ2v) is 5.00. The highest BCUT2D eigenvalue weighted by Gasteiger charge is 2.22. The van der Waals surface area contributed by atoms with E-state index in [2.05, 4.69) is 23.1 Å². The minimum atomic E-state index is 0. The Kier molecular flexibility index (Phi) is 7.87. The number of likely N-dealkylation sites (tertiary alicyclic amines) is 1. The van der Waals surface area contributed by atoms with Gasteiger partial charge in [-0.15, -0.1) is 24.8 Å². The highest BCUT2D eigenvalue weighted by Crippen LogP contribution is 2.15. The van der Waals surface area contributed by atoms with Gasteiger partial charge in [0.15, 0.2) is 0 Å². The second kappa shape index (κ2) is 8.00. The molecule has 0 amide bonds. The first-order valence-electron chi connectivity index (χ1n) is 6.10. The van der Waals surface area contributed by atoms with Gasteiger partial charge in [-0.3, -0.25) is 4.68 Å². The average molecular weight is 295 g/mol. The lowest BCUT2D eigenvalue weighted by atomic mass is 9.94. The van der Waals surface area contributed by atoms with Crippen molar-refractivity contribution in [2.75, 3.05) is 19.6 Å². The molecule has 0 aromatic carbocycles. The van der Waals surface area contributed by atoms with Crippen molar-refractivity contribution < 1.29 is 0 Å². The van der Waals surface area contributed by atoms with E-state index in [-0.39, 0.29) is 24.8 Å². The molecular formula is C12H24Cl2N4. The maximum Gasteiger partial charge on any atom is 0.0522 e. The summed E-state index contributed by atoms with van der Waals surface area (Å²) >= 11 is 0. The Bertz CT molecular complexity index is 343. The summed E-state index contributed by atoms with van der Waals surface area (Å²) < 4.78 is 1.87. The Morgan fingerprint density at radius 2 is 2.17 bits per heavy atom. The van der Waals surface area contributed by atoms with Crippen molar-refractivity contribution in [2.45, 2.75) is 25.8 Å². The van der Waals surface area contributed by atoms with E-state index < -0.39 is 0 Å². The van der Waals surface area contributed by atoms with E-state index in [1.165, 1.54) is 5.56 Å². The zero-order valence-corrected chi connectivity index (χ0v) is 12.7. The summed E-state index contributed by atoms with van der Waals surface area (Å²) in [6, 6.07) is 0.398. The molecule has 1 aliphatic rings. The fourth-order valence-corrected chi connectivity index (χ4v) is 2.34. The highest BCUT2D eigenvalue weighted by molar-refractivity contribution is 5.85. The number of piperidine rings is 1. The molecule has 18 heavy (non-hydrogen) atoms. The van der Waals surface area contributed by atoms with Crippen LogP contribution in [0.25, 0.3) is 0 Å². The molecule has 1 saturated heterocycles. The largest absolute Gasteiger partial charge is 0.327 e. The van der Waals surface area contributed by atoms with E-state index in [4.69, 9.17) is 5.73 Å². The Labute approximate surface area is 122 Å². The summed E-state index contributed by atoms with van der Waals surface area (Å²) in [5, 5.41) is 4.19. The predicted molar refractivity (Wildman–Crippen MR) is 79.6 cm³/mol. The van der Waals surface area contributed by atoms with Crippen molar-refractivity contribution in [1.82, 2.24) is 14.7 Å². The lowest BCUT2D eigenvalue weighted by molar-refractivity contribution is 0.166. The topological polar surface area (TPSA) is 47.1 Å². The van der Waals surface area contributed by atoms with Gasteiger partial charge in [-0.2, -0.15) is 5.10 Å². The lowest BCUT2D eigenvalue weighted by Gasteiger charge is -2.34. The van der Waals surface area contributed by atoms with Crippen LogP contribution >= 0.6 is 24.8 Å². The van der Waals surface area contributed by atoms with Crippen molar-refractivity contribution in [3.8, 4) is 0 Å². The molecule has 6 heteroatoms.